The molecule has 0 radical (unpaired) electrons. The molecule has 0 fully saturated rings. The van der Waals surface area contributed by atoms with Crippen molar-refractivity contribution in [2.24, 2.45) is 0 Å². The molecule has 0 saturated heterocycles. The van der Waals surface area contributed by atoms with E-state index in [2.05, 4.69) is 5.32 Å². The highest BCUT2D eigenvalue weighted by Gasteiger charge is 1.96. The molecule has 1 atom stereocenters. The molecule has 1 unspecified atom stereocenters. The Labute approximate surface area is 64.6 Å². The van der Waals surface area contributed by atoms with Crippen LogP contribution in [0.4, 0.5) is 11.4 Å². The molecule has 0 aromatic heterocycles. The van der Waals surface area contributed by atoms with Gasteiger partial charge in [-0.05, 0) is 12.1 Å². The maximum absolute atomic E-state index is 10.4. The Hall–Kier alpha value is -1.10. The minimum absolute atomic E-state index is 0.309. The molecule has 4 heteroatoms. The first-order valence-electron chi connectivity index (χ1n) is 3.25. The van der Waals surface area contributed by atoms with E-state index in [9.17, 15) is 5.21 Å². The van der Waals surface area contributed by atoms with Crippen LogP contribution in [-0.4, -0.2) is 12.3 Å². The topological polar surface area (TPSA) is 59.8 Å². The van der Waals surface area contributed by atoms with Crippen molar-refractivity contribution in [3.63, 3.8) is 0 Å². The number of nitrogens with one attached hydrogen (secondary N) is 2. The van der Waals surface area contributed by atoms with E-state index in [-0.39, 0.29) is 0 Å². The number of anilines is 1. The molecule has 1 rings (SSSR count). The third-order valence-corrected chi connectivity index (χ3v) is 1.42. The maximum Gasteiger partial charge on any atom is 0.163 e. The molecule has 1 aromatic rings. The van der Waals surface area contributed by atoms with E-state index >= 15 is 0 Å². The van der Waals surface area contributed by atoms with Crippen LogP contribution in [0, 0.1) is 5.21 Å². The van der Waals surface area contributed by atoms with Gasteiger partial charge in [0.15, 0.2) is 5.69 Å². The summed E-state index contributed by atoms with van der Waals surface area (Å²) >= 11 is 0. The number of rotatable bonds is 2. The fourth-order valence-corrected chi connectivity index (χ4v) is 0.779. The van der Waals surface area contributed by atoms with Gasteiger partial charge in [0.2, 0.25) is 0 Å². The standard InChI is InChI=1S/C7H10N2O2/c1-8-6-2-4-7(5-3-6)9(10)11/h2-5,8-10H,1H3. The quantitative estimate of drug-likeness (QED) is 0.531. The largest absolute Gasteiger partial charge is 0.595 e. The van der Waals surface area contributed by atoms with Gasteiger partial charge in [-0.3, -0.25) is 0 Å². The number of hydrogen-bond donors (Lipinski definition) is 3. The Bertz CT molecular complexity index is 220. The van der Waals surface area contributed by atoms with Crippen LogP contribution in [0.3, 0.4) is 0 Å². The minimum Gasteiger partial charge on any atom is -0.595 e. The maximum atomic E-state index is 10.4. The van der Waals surface area contributed by atoms with E-state index < -0.39 is 5.23 Å². The number of hydrogen-bond acceptors (Lipinski definition) is 3. The van der Waals surface area contributed by atoms with Crippen molar-refractivity contribution < 1.29 is 10.4 Å². The summed E-state index contributed by atoms with van der Waals surface area (Å²) in [6.45, 7) is 0. The summed E-state index contributed by atoms with van der Waals surface area (Å²) < 4.78 is 0. The minimum atomic E-state index is -0.896. The van der Waals surface area contributed by atoms with E-state index in [1.54, 1.807) is 31.3 Å². The fourth-order valence-electron chi connectivity index (χ4n) is 0.779. The summed E-state index contributed by atoms with van der Waals surface area (Å²) in [6, 6.07) is 6.58. The van der Waals surface area contributed by atoms with Crippen LogP contribution >= 0.6 is 0 Å². The summed E-state index contributed by atoms with van der Waals surface area (Å²) in [5.41, 5.74) is 1.22. The molecule has 0 saturated carbocycles. The van der Waals surface area contributed by atoms with Crippen molar-refractivity contribution in [1.82, 2.24) is 0 Å². The van der Waals surface area contributed by atoms with Crippen molar-refractivity contribution in [2.75, 3.05) is 12.4 Å². The predicted octanol–water partition coefficient (Wildman–Crippen LogP) is 0.132. The Morgan fingerprint density at radius 3 is 2.27 bits per heavy atom. The molecule has 0 aliphatic rings. The van der Waals surface area contributed by atoms with Gasteiger partial charge < -0.3 is 10.5 Å². The summed E-state index contributed by atoms with van der Waals surface area (Å²) in [7, 11) is 1.79. The van der Waals surface area contributed by atoms with Gasteiger partial charge in [0.1, 0.15) is 0 Å². The normalized spacial score (nSPS) is 12.6. The number of benzene rings is 1. The first-order valence-corrected chi connectivity index (χ1v) is 3.25. The highest BCUT2D eigenvalue weighted by molar-refractivity contribution is 5.47. The molecule has 4 nitrogen and oxygen atoms in total. The van der Waals surface area contributed by atoms with Crippen molar-refractivity contribution in [3.05, 3.63) is 29.5 Å². The summed E-state index contributed by atoms with van der Waals surface area (Å²) in [6.07, 6.45) is 0. The van der Waals surface area contributed by atoms with Gasteiger partial charge >= 0.3 is 0 Å². The van der Waals surface area contributed by atoms with Gasteiger partial charge in [0.05, 0.1) is 0 Å². The van der Waals surface area contributed by atoms with Crippen molar-refractivity contribution >= 4 is 11.4 Å². The molecule has 0 aliphatic heterocycles. The Morgan fingerprint density at radius 2 is 1.91 bits per heavy atom. The Kier molecular flexibility index (Phi) is 2.43. The molecule has 0 spiro atoms. The zero-order valence-corrected chi connectivity index (χ0v) is 6.16. The second-order valence-electron chi connectivity index (χ2n) is 2.13. The van der Waals surface area contributed by atoms with E-state index in [1.807, 2.05) is 0 Å². The second-order valence-corrected chi connectivity index (χ2v) is 2.13. The van der Waals surface area contributed by atoms with E-state index in [0.717, 1.165) is 5.69 Å². The summed E-state index contributed by atoms with van der Waals surface area (Å²) in [5.74, 6) is 0. The smallest absolute Gasteiger partial charge is 0.163 e. The van der Waals surface area contributed by atoms with Crippen LogP contribution in [0.1, 0.15) is 0 Å². The highest BCUT2D eigenvalue weighted by Crippen LogP contribution is 2.08. The fraction of sp³-hybridized carbons (Fsp3) is 0.143. The lowest BCUT2D eigenvalue weighted by Gasteiger charge is -2.11. The van der Waals surface area contributed by atoms with Gasteiger partial charge in [-0.2, -0.15) is 5.23 Å². The van der Waals surface area contributed by atoms with Crippen molar-refractivity contribution in [1.29, 1.82) is 0 Å². The summed E-state index contributed by atoms with van der Waals surface area (Å²) in [5, 5.41) is 20.9. The molecule has 11 heavy (non-hydrogen) atoms. The molecule has 0 bridgehead atoms. The van der Waals surface area contributed by atoms with E-state index in [1.165, 1.54) is 0 Å². The monoisotopic (exact) mass is 154 g/mol. The molecule has 0 heterocycles. The van der Waals surface area contributed by atoms with Gasteiger partial charge in [0.25, 0.3) is 0 Å². The Morgan fingerprint density at radius 1 is 1.36 bits per heavy atom. The van der Waals surface area contributed by atoms with Crippen LogP contribution < -0.4 is 10.5 Å². The highest BCUT2D eigenvalue weighted by atomic mass is 16.8. The molecule has 0 aliphatic carbocycles. The summed E-state index contributed by atoms with van der Waals surface area (Å²) in [4.78, 5) is 0. The van der Waals surface area contributed by atoms with E-state index in [4.69, 9.17) is 5.21 Å². The third kappa shape index (κ3) is 1.91. The Balaban J connectivity index is 2.83. The second kappa shape index (κ2) is 3.34. The van der Waals surface area contributed by atoms with Crippen molar-refractivity contribution in [3.8, 4) is 0 Å². The SMILES string of the molecule is CNc1ccc([NH+]([O-])O)cc1. The third-order valence-electron chi connectivity index (χ3n) is 1.42. The van der Waals surface area contributed by atoms with Gasteiger partial charge in [-0.25, -0.2) is 5.21 Å². The average molecular weight is 154 g/mol. The van der Waals surface area contributed by atoms with Gasteiger partial charge in [-0.1, -0.05) is 0 Å². The lowest BCUT2D eigenvalue weighted by atomic mass is 10.3. The molecule has 1 aromatic carbocycles. The van der Waals surface area contributed by atoms with Gasteiger partial charge in [0, 0.05) is 24.9 Å². The first-order chi connectivity index (χ1) is 5.24. The average Bonchev–Trinajstić information content (AvgIpc) is 2.05. The van der Waals surface area contributed by atoms with Gasteiger partial charge in [-0.15, -0.1) is 0 Å². The van der Waals surface area contributed by atoms with Crippen LogP contribution in [-0.2, 0) is 0 Å². The van der Waals surface area contributed by atoms with Crippen LogP contribution in [0.15, 0.2) is 24.3 Å². The molecule has 60 valence electrons. The lowest BCUT2D eigenvalue weighted by molar-refractivity contribution is -0.991. The lowest BCUT2D eigenvalue weighted by Crippen LogP contribution is -2.99. The van der Waals surface area contributed by atoms with Crippen LogP contribution in [0.2, 0.25) is 0 Å². The van der Waals surface area contributed by atoms with Crippen LogP contribution in [0.5, 0.6) is 0 Å². The zero-order valence-electron chi connectivity index (χ0n) is 6.16. The zero-order chi connectivity index (χ0) is 8.27. The number of quaternary nitrogens is 1. The molecular weight excluding hydrogens is 144 g/mol. The molecular formula is C7H10N2O2. The van der Waals surface area contributed by atoms with Crippen molar-refractivity contribution in [2.45, 2.75) is 0 Å². The van der Waals surface area contributed by atoms with E-state index in [0.29, 0.717) is 5.69 Å². The van der Waals surface area contributed by atoms with Crippen LogP contribution in [0.25, 0.3) is 0 Å². The first kappa shape index (κ1) is 8.00. The molecule has 3 N–H and O–H groups in total. The molecule has 0 amide bonds. The predicted molar refractivity (Wildman–Crippen MR) is 41.8 cm³/mol.